The minimum Gasteiger partial charge on any atom is -0.478 e. The zero-order valence-corrected chi connectivity index (χ0v) is 8.63. The van der Waals surface area contributed by atoms with Gasteiger partial charge in [-0.3, -0.25) is 0 Å². The number of rotatable bonds is 5. The molecule has 2 nitrogen and oxygen atoms in total. The van der Waals surface area contributed by atoms with Gasteiger partial charge in [0.2, 0.25) is 0 Å². The van der Waals surface area contributed by atoms with Crippen LogP contribution in [0, 0.1) is 0 Å². The van der Waals surface area contributed by atoms with Gasteiger partial charge in [0.25, 0.3) is 0 Å². The van der Waals surface area contributed by atoms with E-state index >= 15 is 0 Å². The average Bonchev–Trinajstić information content (AvgIpc) is 2.01. The molecule has 13 heavy (non-hydrogen) atoms. The van der Waals surface area contributed by atoms with Crippen molar-refractivity contribution in [3.8, 4) is 0 Å². The predicted octanol–water partition coefficient (Wildman–Crippen LogP) is 3.15. The summed E-state index contributed by atoms with van der Waals surface area (Å²) in [6, 6.07) is 0. The van der Waals surface area contributed by atoms with Crippen molar-refractivity contribution in [1.82, 2.24) is 0 Å². The van der Waals surface area contributed by atoms with E-state index in [1.807, 2.05) is 20.8 Å². The first-order valence-corrected chi connectivity index (χ1v) is 4.62. The molecule has 0 amide bonds. The Morgan fingerprint density at radius 3 is 2.38 bits per heavy atom. The molecule has 0 aromatic carbocycles. The molecule has 0 spiro atoms. The molecule has 0 rings (SSSR count). The van der Waals surface area contributed by atoms with Crippen LogP contribution in [0.15, 0.2) is 23.3 Å². The third-order valence-corrected chi connectivity index (χ3v) is 1.80. The van der Waals surface area contributed by atoms with Gasteiger partial charge in [0.05, 0.1) is 0 Å². The zero-order chi connectivity index (χ0) is 10.3. The summed E-state index contributed by atoms with van der Waals surface area (Å²) in [5, 5.41) is 8.53. The number of carboxylic acid groups (broad SMARTS) is 1. The van der Waals surface area contributed by atoms with Crippen LogP contribution in [0.1, 0.15) is 40.0 Å². The third-order valence-electron chi connectivity index (χ3n) is 1.80. The smallest absolute Gasteiger partial charge is 0.328 e. The van der Waals surface area contributed by atoms with Crippen molar-refractivity contribution < 1.29 is 9.90 Å². The summed E-state index contributed by atoms with van der Waals surface area (Å²) in [6.07, 6.45) is 6.07. The minimum absolute atomic E-state index is 0.822. The van der Waals surface area contributed by atoms with E-state index in [0.717, 1.165) is 24.8 Å². The Kier molecular flexibility index (Phi) is 5.94. The molecule has 1 N–H and O–H groups in total. The maximum absolute atomic E-state index is 10.4. The number of hydrogen-bond donors (Lipinski definition) is 1. The minimum atomic E-state index is -0.839. The Balaban J connectivity index is 4.00. The maximum Gasteiger partial charge on any atom is 0.328 e. The van der Waals surface area contributed by atoms with Gasteiger partial charge >= 0.3 is 5.97 Å². The van der Waals surface area contributed by atoms with E-state index in [1.165, 1.54) is 11.6 Å². The average molecular weight is 182 g/mol. The summed E-state index contributed by atoms with van der Waals surface area (Å²) < 4.78 is 0. The lowest BCUT2D eigenvalue weighted by Gasteiger charge is -2.00. The van der Waals surface area contributed by atoms with Gasteiger partial charge in [-0.2, -0.15) is 0 Å². The quantitative estimate of drug-likeness (QED) is 0.524. The molecule has 0 saturated heterocycles. The van der Waals surface area contributed by atoms with Crippen LogP contribution < -0.4 is 0 Å². The molecule has 0 aromatic heterocycles. The SMILES string of the molecule is CCC(=CC(=O)O)CCC=C(C)C. The highest BCUT2D eigenvalue weighted by Crippen LogP contribution is 2.10. The molecule has 0 unspecified atom stereocenters. The molecule has 2 heteroatoms. The van der Waals surface area contributed by atoms with E-state index < -0.39 is 5.97 Å². The third kappa shape index (κ3) is 7.32. The predicted molar refractivity (Wildman–Crippen MR) is 54.7 cm³/mol. The van der Waals surface area contributed by atoms with E-state index in [0.29, 0.717) is 0 Å². The molecule has 0 bridgehead atoms. The number of carbonyl (C=O) groups is 1. The van der Waals surface area contributed by atoms with Crippen LogP contribution in [0.2, 0.25) is 0 Å². The zero-order valence-electron chi connectivity index (χ0n) is 8.63. The number of carboxylic acids is 1. The number of allylic oxidation sites excluding steroid dienone is 3. The lowest BCUT2D eigenvalue weighted by molar-refractivity contribution is -0.131. The first-order chi connectivity index (χ1) is 6.06. The summed E-state index contributed by atoms with van der Waals surface area (Å²) in [7, 11) is 0. The normalized spacial score (nSPS) is 11.2. The Labute approximate surface area is 80.0 Å². The number of hydrogen-bond acceptors (Lipinski definition) is 1. The standard InChI is InChI=1S/C11H18O2/c1-4-10(8-11(12)13)7-5-6-9(2)3/h6,8H,4-5,7H2,1-3H3,(H,12,13). The van der Waals surface area contributed by atoms with Crippen LogP contribution in [0.3, 0.4) is 0 Å². The Hall–Kier alpha value is -1.05. The molecule has 0 atom stereocenters. The largest absolute Gasteiger partial charge is 0.478 e. The van der Waals surface area contributed by atoms with Gasteiger partial charge in [-0.1, -0.05) is 24.1 Å². The van der Waals surface area contributed by atoms with Crippen LogP contribution in [-0.4, -0.2) is 11.1 Å². The van der Waals surface area contributed by atoms with E-state index in [1.54, 1.807) is 0 Å². The van der Waals surface area contributed by atoms with Gasteiger partial charge < -0.3 is 5.11 Å². The fraction of sp³-hybridized carbons (Fsp3) is 0.545. The van der Waals surface area contributed by atoms with Crippen LogP contribution in [-0.2, 0) is 4.79 Å². The summed E-state index contributed by atoms with van der Waals surface area (Å²) >= 11 is 0. The monoisotopic (exact) mass is 182 g/mol. The van der Waals surface area contributed by atoms with Crippen molar-refractivity contribution in [3.63, 3.8) is 0 Å². The van der Waals surface area contributed by atoms with Gasteiger partial charge in [0.15, 0.2) is 0 Å². The van der Waals surface area contributed by atoms with E-state index in [9.17, 15) is 4.79 Å². The highest BCUT2D eigenvalue weighted by atomic mass is 16.4. The topological polar surface area (TPSA) is 37.3 Å². The second-order valence-electron chi connectivity index (χ2n) is 3.31. The van der Waals surface area contributed by atoms with Crippen LogP contribution in [0.25, 0.3) is 0 Å². The summed E-state index contributed by atoms with van der Waals surface area (Å²) in [5.74, 6) is -0.839. The molecule has 0 aliphatic heterocycles. The van der Waals surface area contributed by atoms with Gasteiger partial charge in [0, 0.05) is 6.08 Å². The molecular formula is C11H18O2. The van der Waals surface area contributed by atoms with E-state index in [4.69, 9.17) is 5.11 Å². The van der Waals surface area contributed by atoms with Crippen molar-refractivity contribution in [2.75, 3.05) is 0 Å². The molecule has 0 radical (unpaired) electrons. The van der Waals surface area contributed by atoms with Crippen molar-refractivity contribution >= 4 is 5.97 Å². The Morgan fingerprint density at radius 2 is 2.00 bits per heavy atom. The van der Waals surface area contributed by atoms with E-state index in [-0.39, 0.29) is 0 Å². The molecule has 0 heterocycles. The Morgan fingerprint density at radius 1 is 1.38 bits per heavy atom. The highest BCUT2D eigenvalue weighted by molar-refractivity contribution is 5.80. The fourth-order valence-corrected chi connectivity index (χ4v) is 1.07. The summed E-state index contributed by atoms with van der Waals surface area (Å²) in [5.41, 5.74) is 2.29. The maximum atomic E-state index is 10.4. The lowest BCUT2D eigenvalue weighted by Crippen LogP contribution is -1.91. The summed E-state index contributed by atoms with van der Waals surface area (Å²) in [6.45, 7) is 6.08. The van der Waals surface area contributed by atoms with Crippen LogP contribution in [0.4, 0.5) is 0 Å². The first kappa shape index (κ1) is 11.9. The molecule has 0 aliphatic rings. The van der Waals surface area contributed by atoms with Crippen LogP contribution >= 0.6 is 0 Å². The first-order valence-electron chi connectivity index (χ1n) is 4.62. The summed E-state index contributed by atoms with van der Waals surface area (Å²) in [4.78, 5) is 10.4. The molecule has 0 saturated carbocycles. The molecule has 0 fully saturated rings. The van der Waals surface area contributed by atoms with Gasteiger partial charge in [-0.15, -0.1) is 0 Å². The van der Waals surface area contributed by atoms with Crippen molar-refractivity contribution in [2.24, 2.45) is 0 Å². The Bertz CT molecular complexity index is 220. The molecular weight excluding hydrogens is 164 g/mol. The van der Waals surface area contributed by atoms with Gasteiger partial charge in [0.1, 0.15) is 0 Å². The van der Waals surface area contributed by atoms with Crippen molar-refractivity contribution in [3.05, 3.63) is 23.3 Å². The van der Waals surface area contributed by atoms with Crippen molar-refractivity contribution in [1.29, 1.82) is 0 Å². The molecule has 74 valence electrons. The molecule has 0 aromatic rings. The molecule has 0 aliphatic carbocycles. The fourth-order valence-electron chi connectivity index (χ4n) is 1.07. The second kappa shape index (κ2) is 6.46. The van der Waals surface area contributed by atoms with E-state index in [2.05, 4.69) is 6.08 Å². The second-order valence-corrected chi connectivity index (χ2v) is 3.31. The van der Waals surface area contributed by atoms with Gasteiger partial charge in [-0.25, -0.2) is 4.79 Å². The number of aliphatic carboxylic acids is 1. The highest BCUT2D eigenvalue weighted by Gasteiger charge is 1.96. The van der Waals surface area contributed by atoms with Gasteiger partial charge in [-0.05, 0) is 33.1 Å². The van der Waals surface area contributed by atoms with Crippen molar-refractivity contribution in [2.45, 2.75) is 40.0 Å². The lowest BCUT2D eigenvalue weighted by atomic mass is 10.1. The van der Waals surface area contributed by atoms with Crippen LogP contribution in [0.5, 0.6) is 0 Å².